The third kappa shape index (κ3) is 2.50. The van der Waals surface area contributed by atoms with Crippen molar-refractivity contribution in [2.45, 2.75) is 0 Å². The van der Waals surface area contributed by atoms with Crippen molar-refractivity contribution in [2.24, 2.45) is 0 Å². The first-order chi connectivity index (χ1) is 8.61. The van der Waals surface area contributed by atoms with E-state index in [1.165, 1.54) is 18.2 Å². The molecule has 0 unspecified atom stereocenters. The van der Waals surface area contributed by atoms with Gasteiger partial charge in [-0.15, -0.1) is 10.2 Å². The van der Waals surface area contributed by atoms with Crippen molar-refractivity contribution in [1.29, 1.82) is 5.26 Å². The van der Waals surface area contributed by atoms with Gasteiger partial charge in [-0.25, -0.2) is 4.39 Å². The zero-order valence-electron chi connectivity index (χ0n) is 8.69. The molecule has 0 aliphatic carbocycles. The monoisotopic (exact) mass is 283 g/mol. The summed E-state index contributed by atoms with van der Waals surface area (Å²) in [7, 11) is 0. The normalized spacial score (nSPS) is 9.89. The highest BCUT2D eigenvalue weighted by Crippen LogP contribution is 2.31. The Balaban J connectivity index is 2.44. The Labute approximate surface area is 112 Å². The van der Waals surface area contributed by atoms with Gasteiger partial charge in [0.15, 0.2) is 16.1 Å². The van der Waals surface area contributed by atoms with Gasteiger partial charge in [0.1, 0.15) is 23.2 Å². The number of nitrogens with zero attached hydrogens (tertiary/aromatic N) is 3. The highest BCUT2D eigenvalue weighted by molar-refractivity contribution is 6.32. The van der Waals surface area contributed by atoms with Gasteiger partial charge in [-0.3, -0.25) is 0 Å². The van der Waals surface area contributed by atoms with E-state index < -0.39 is 5.82 Å². The molecule has 0 N–H and O–H groups in total. The lowest BCUT2D eigenvalue weighted by Gasteiger charge is -2.08. The Hall–Kier alpha value is -1.90. The van der Waals surface area contributed by atoms with Gasteiger partial charge in [-0.05, 0) is 12.1 Å². The summed E-state index contributed by atoms with van der Waals surface area (Å²) in [5, 5.41) is 15.9. The number of rotatable bonds is 2. The number of aromatic nitrogens is 2. The summed E-state index contributed by atoms with van der Waals surface area (Å²) in [6, 6.07) is 7.04. The fraction of sp³-hybridized carbons (Fsp3) is 0. The second kappa shape index (κ2) is 5.17. The number of hydrogen-bond acceptors (Lipinski definition) is 4. The smallest absolute Gasteiger partial charge is 0.194 e. The van der Waals surface area contributed by atoms with Crippen LogP contribution < -0.4 is 4.74 Å². The van der Waals surface area contributed by atoms with E-state index in [4.69, 9.17) is 33.2 Å². The van der Waals surface area contributed by atoms with Gasteiger partial charge in [0.25, 0.3) is 0 Å². The lowest BCUT2D eigenvalue weighted by atomic mass is 10.2. The predicted octanol–water partition coefficient (Wildman–Crippen LogP) is 3.59. The van der Waals surface area contributed by atoms with Crippen molar-refractivity contribution in [3.63, 3.8) is 0 Å². The average molecular weight is 284 g/mol. The maximum atomic E-state index is 13.3. The Bertz CT molecular complexity index is 643. The predicted molar refractivity (Wildman–Crippen MR) is 63.2 cm³/mol. The number of benzene rings is 1. The number of halogens is 3. The van der Waals surface area contributed by atoms with Gasteiger partial charge in [0.2, 0.25) is 0 Å². The lowest BCUT2D eigenvalue weighted by Crippen LogP contribution is -1.94. The van der Waals surface area contributed by atoms with E-state index in [0.29, 0.717) is 0 Å². The molecule has 2 aromatic rings. The van der Waals surface area contributed by atoms with Crippen LogP contribution in [0.15, 0.2) is 24.3 Å². The van der Waals surface area contributed by atoms with Crippen molar-refractivity contribution >= 4 is 23.2 Å². The van der Waals surface area contributed by atoms with Crippen LogP contribution in [-0.2, 0) is 0 Å². The SMILES string of the molecule is N#Cc1c(F)cccc1Oc1cc(Cl)nnc1Cl. The molecule has 0 aliphatic rings. The molecule has 0 aliphatic heterocycles. The summed E-state index contributed by atoms with van der Waals surface area (Å²) in [5.74, 6) is -0.554. The molecule has 7 heteroatoms. The van der Waals surface area contributed by atoms with Crippen LogP contribution in [0.2, 0.25) is 10.3 Å². The highest BCUT2D eigenvalue weighted by Gasteiger charge is 2.13. The minimum atomic E-state index is -0.681. The van der Waals surface area contributed by atoms with Crippen LogP contribution in [0.1, 0.15) is 5.56 Å². The van der Waals surface area contributed by atoms with Crippen LogP contribution in [0.4, 0.5) is 4.39 Å². The van der Waals surface area contributed by atoms with E-state index >= 15 is 0 Å². The first-order valence-electron chi connectivity index (χ1n) is 4.67. The summed E-state index contributed by atoms with van der Waals surface area (Å²) in [5.41, 5.74) is -0.221. The Morgan fingerprint density at radius 3 is 2.72 bits per heavy atom. The summed E-state index contributed by atoms with van der Waals surface area (Å²) in [6.45, 7) is 0. The fourth-order valence-corrected chi connectivity index (χ4v) is 1.49. The van der Waals surface area contributed by atoms with E-state index in [1.54, 1.807) is 6.07 Å². The molecule has 1 heterocycles. The van der Waals surface area contributed by atoms with E-state index in [-0.39, 0.29) is 27.4 Å². The standard InChI is InChI=1S/C11H4Cl2FN3O/c12-10-4-9(11(13)17-16-10)18-8-3-1-2-7(14)6(8)5-15/h1-4H. The topological polar surface area (TPSA) is 58.8 Å². The highest BCUT2D eigenvalue weighted by atomic mass is 35.5. The van der Waals surface area contributed by atoms with E-state index in [1.807, 2.05) is 0 Å². The molecule has 0 saturated carbocycles. The molecule has 0 saturated heterocycles. The van der Waals surface area contributed by atoms with Crippen LogP contribution in [0.3, 0.4) is 0 Å². The molecule has 0 amide bonds. The van der Waals surface area contributed by atoms with Crippen molar-refractivity contribution in [3.05, 3.63) is 46.0 Å². The number of hydrogen-bond donors (Lipinski definition) is 0. The summed E-state index contributed by atoms with van der Waals surface area (Å²) >= 11 is 11.4. The minimum absolute atomic E-state index is 0.0310. The zero-order valence-corrected chi connectivity index (χ0v) is 10.2. The van der Waals surface area contributed by atoms with Crippen molar-refractivity contribution in [1.82, 2.24) is 10.2 Å². The first-order valence-corrected chi connectivity index (χ1v) is 5.42. The quantitative estimate of drug-likeness (QED) is 0.845. The zero-order chi connectivity index (χ0) is 13.1. The summed E-state index contributed by atoms with van der Waals surface area (Å²) < 4.78 is 18.7. The van der Waals surface area contributed by atoms with Crippen LogP contribution in [0.5, 0.6) is 11.5 Å². The van der Waals surface area contributed by atoms with E-state index in [2.05, 4.69) is 10.2 Å². The molecule has 2 rings (SSSR count). The Kier molecular flexibility index (Phi) is 3.60. The fourth-order valence-electron chi connectivity index (χ4n) is 1.23. The van der Waals surface area contributed by atoms with Crippen LogP contribution in [-0.4, -0.2) is 10.2 Å². The molecular weight excluding hydrogens is 280 g/mol. The molecular formula is C11H4Cl2FN3O. The Morgan fingerprint density at radius 2 is 2.00 bits per heavy atom. The number of ether oxygens (including phenoxy) is 1. The largest absolute Gasteiger partial charge is 0.452 e. The molecule has 1 aromatic heterocycles. The minimum Gasteiger partial charge on any atom is -0.452 e. The molecule has 18 heavy (non-hydrogen) atoms. The maximum Gasteiger partial charge on any atom is 0.194 e. The van der Waals surface area contributed by atoms with Gasteiger partial charge >= 0.3 is 0 Å². The van der Waals surface area contributed by atoms with Gasteiger partial charge in [0.05, 0.1) is 0 Å². The molecule has 0 radical (unpaired) electrons. The second-order valence-corrected chi connectivity index (χ2v) is 3.89. The molecule has 0 bridgehead atoms. The van der Waals surface area contributed by atoms with Crippen LogP contribution >= 0.6 is 23.2 Å². The number of nitriles is 1. The van der Waals surface area contributed by atoms with Crippen LogP contribution in [0, 0.1) is 17.1 Å². The van der Waals surface area contributed by atoms with E-state index in [0.717, 1.165) is 6.07 Å². The van der Waals surface area contributed by atoms with Gasteiger partial charge in [-0.1, -0.05) is 29.3 Å². The Morgan fingerprint density at radius 1 is 1.22 bits per heavy atom. The third-order valence-electron chi connectivity index (χ3n) is 1.99. The molecule has 0 fully saturated rings. The van der Waals surface area contributed by atoms with Crippen molar-refractivity contribution in [2.75, 3.05) is 0 Å². The molecule has 1 aromatic carbocycles. The van der Waals surface area contributed by atoms with Crippen molar-refractivity contribution in [3.8, 4) is 17.6 Å². The van der Waals surface area contributed by atoms with Gasteiger partial charge < -0.3 is 4.74 Å². The lowest BCUT2D eigenvalue weighted by molar-refractivity contribution is 0.471. The average Bonchev–Trinajstić information content (AvgIpc) is 2.34. The van der Waals surface area contributed by atoms with Gasteiger partial charge in [-0.2, -0.15) is 5.26 Å². The first kappa shape index (κ1) is 12.6. The third-order valence-corrected chi connectivity index (χ3v) is 2.44. The molecule has 4 nitrogen and oxygen atoms in total. The summed E-state index contributed by atoms with van der Waals surface area (Å²) in [6.07, 6.45) is 0. The molecule has 0 spiro atoms. The van der Waals surface area contributed by atoms with E-state index in [9.17, 15) is 4.39 Å². The summed E-state index contributed by atoms with van der Waals surface area (Å²) in [4.78, 5) is 0. The van der Waals surface area contributed by atoms with Gasteiger partial charge in [0, 0.05) is 6.07 Å². The van der Waals surface area contributed by atoms with Crippen molar-refractivity contribution < 1.29 is 9.13 Å². The van der Waals surface area contributed by atoms with Crippen LogP contribution in [0.25, 0.3) is 0 Å². The second-order valence-electron chi connectivity index (χ2n) is 3.15. The molecule has 90 valence electrons. The maximum absolute atomic E-state index is 13.3. The molecule has 0 atom stereocenters.